The Labute approximate surface area is 286 Å². The summed E-state index contributed by atoms with van der Waals surface area (Å²) in [5, 5.41) is 10.3. The van der Waals surface area contributed by atoms with E-state index >= 15 is 0 Å². The molecule has 4 aromatic rings. The quantitative estimate of drug-likeness (QED) is 0.0372. The predicted molar refractivity (Wildman–Crippen MR) is 194 cm³/mol. The Kier molecular flexibility index (Phi) is 11.4. The lowest BCUT2D eigenvalue weighted by atomic mass is 9.77. The van der Waals surface area contributed by atoms with Gasteiger partial charge >= 0.3 is 11.9 Å². The number of rotatable bonds is 13. The smallest absolute Gasteiger partial charge is 0.371 e. The van der Waals surface area contributed by atoms with Crippen LogP contribution in [-0.2, 0) is 46.6 Å². The number of hydrogen-bond donors (Lipinski definition) is 1. The molecule has 1 heterocycles. The monoisotopic (exact) mass is 691 g/mol. The summed E-state index contributed by atoms with van der Waals surface area (Å²) in [5.74, 6) is -1.91. The van der Waals surface area contributed by atoms with Crippen molar-refractivity contribution in [2.24, 2.45) is 5.16 Å². The SMILES string of the molecule is CCP(=S)(CC)OC(=O)/C(=N\OC(C)(C)c1csc(NC(c2ccccc2)(c2ccccc2)c2ccccc2)n1)C(=O)OC(C)(C)C. The molecule has 0 spiro atoms. The molecule has 4 rings (SSSR count). The van der Waals surface area contributed by atoms with Gasteiger partial charge in [-0.25, -0.2) is 14.6 Å². The molecule has 0 unspecified atom stereocenters. The summed E-state index contributed by atoms with van der Waals surface area (Å²) >= 11 is 7.00. The van der Waals surface area contributed by atoms with E-state index in [1.165, 1.54) is 11.3 Å². The number of aromatic nitrogens is 1. The molecular weight excluding hydrogens is 650 g/mol. The Balaban J connectivity index is 1.71. The molecule has 3 aromatic carbocycles. The third-order valence-corrected chi connectivity index (χ3v) is 12.4. The fraction of sp³-hybridized carbons (Fsp3) is 0.333. The first-order valence-electron chi connectivity index (χ1n) is 15.5. The van der Waals surface area contributed by atoms with Crippen LogP contribution in [0.3, 0.4) is 0 Å². The van der Waals surface area contributed by atoms with Crippen LogP contribution < -0.4 is 5.32 Å². The first kappa shape index (κ1) is 36.0. The van der Waals surface area contributed by atoms with E-state index in [0.29, 0.717) is 23.1 Å². The van der Waals surface area contributed by atoms with E-state index in [4.69, 9.17) is 30.9 Å². The lowest BCUT2D eigenvalue weighted by Gasteiger charge is -2.36. The van der Waals surface area contributed by atoms with Gasteiger partial charge in [0.05, 0.1) is 5.69 Å². The van der Waals surface area contributed by atoms with E-state index in [1.807, 2.05) is 73.8 Å². The maximum atomic E-state index is 13.2. The molecule has 0 aliphatic heterocycles. The number of carbonyl (C=O) groups is 2. The van der Waals surface area contributed by atoms with Crippen LogP contribution in [0.25, 0.3) is 0 Å². The molecular formula is C36H42N3O5PS2. The number of benzene rings is 3. The van der Waals surface area contributed by atoms with Gasteiger partial charge in [0.15, 0.2) is 10.7 Å². The van der Waals surface area contributed by atoms with Crippen LogP contribution in [0.5, 0.6) is 0 Å². The molecule has 0 fully saturated rings. The fourth-order valence-corrected chi connectivity index (χ4v) is 7.01. The lowest BCUT2D eigenvalue weighted by Crippen LogP contribution is -2.38. The molecule has 0 saturated heterocycles. The molecule has 248 valence electrons. The van der Waals surface area contributed by atoms with Crippen molar-refractivity contribution >= 4 is 52.2 Å². The number of carbonyl (C=O) groups excluding carboxylic acids is 2. The lowest BCUT2D eigenvalue weighted by molar-refractivity contribution is -0.147. The van der Waals surface area contributed by atoms with E-state index in [2.05, 4.69) is 46.9 Å². The van der Waals surface area contributed by atoms with Gasteiger partial charge in [0.1, 0.15) is 17.4 Å². The van der Waals surface area contributed by atoms with Gasteiger partial charge in [-0.1, -0.05) is 122 Å². The number of hydrogen-bond acceptors (Lipinski definition) is 10. The standard InChI is InChI=1S/C36H42N3O5PS2/c1-8-45(46,9-2)43-32(41)30(31(40)42-34(3,4)5)39-44-35(6,7)29-25-47-33(37-29)38-36(26-19-13-10-14-20-26,27-21-15-11-16-22-27)28-23-17-12-18-24-28/h10-25H,8-9H2,1-7H3,(H,37,38)/b39-30-. The summed E-state index contributed by atoms with van der Waals surface area (Å²) in [6.07, 6.45) is -1.50. The van der Waals surface area contributed by atoms with Gasteiger partial charge in [-0.3, -0.25) is 0 Å². The molecule has 1 aromatic heterocycles. The second-order valence-electron chi connectivity index (χ2n) is 12.4. The highest BCUT2D eigenvalue weighted by Gasteiger charge is 2.38. The highest BCUT2D eigenvalue weighted by Crippen LogP contribution is 2.46. The highest BCUT2D eigenvalue weighted by molar-refractivity contribution is 8.12. The number of ether oxygens (including phenoxy) is 1. The van der Waals surface area contributed by atoms with E-state index < -0.39 is 40.7 Å². The molecule has 1 N–H and O–H groups in total. The summed E-state index contributed by atoms with van der Waals surface area (Å²) < 4.78 is 11.1. The zero-order valence-corrected chi connectivity index (χ0v) is 30.4. The van der Waals surface area contributed by atoms with Gasteiger partial charge < -0.3 is 19.4 Å². The average molecular weight is 692 g/mol. The third kappa shape index (κ3) is 8.74. The Hall–Kier alpha value is -3.85. The zero-order chi connectivity index (χ0) is 34.3. The van der Waals surface area contributed by atoms with Crippen molar-refractivity contribution in [1.82, 2.24) is 4.98 Å². The highest BCUT2D eigenvalue weighted by atomic mass is 32.4. The van der Waals surface area contributed by atoms with Crippen molar-refractivity contribution < 1.29 is 23.7 Å². The summed E-state index contributed by atoms with van der Waals surface area (Å²) in [6, 6.07) is 30.7. The molecule has 0 bridgehead atoms. The molecule has 0 radical (unpaired) electrons. The minimum absolute atomic E-state index is 0.490. The minimum Gasteiger partial charge on any atom is -0.455 e. The largest absolute Gasteiger partial charge is 0.455 e. The summed E-state index contributed by atoms with van der Waals surface area (Å²) in [6.45, 7) is 12.3. The number of thiazole rings is 1. The van der Waals surface area contributed by atoms with Crippen molar-refractivity contribution in [2.45, 2.75) is 65.2 Å². The molecule has 47 heavy (non-hydrogen) atoms. The Morgan fingerprint density at radius 2 is 1.28 bits per heavy atom. The van der Waals surface area contributed by atoms with Gasteiger partial charge in [-0.2, -0.15) is 0 Å². The topological polar surface area (TPSA) is 99.1 Å². The van der Waals surface area contributed by atoms with E-state index in [9.17, 15) is 9.59 Å². The summed E-state index contributed by atoms with van der Waals surface area (Å²) in [5.41, 5.74) is 0.262. The zero-order valence-electron chi connectivity index (χ0n) is 27.9. The normalized spacial score (nSPS) is 12.7. The van der Waals surface area contributed by atoms with Gasteiger partial charge in [-0.15, -0.1) is 11.3 Å². The molecule has 0 saturated carbocycles. The number of anilines is 1. The number of oxime groups is 1. The number of nitrogens with zero attached hydrogens (tertiary/aromatic N) is 2. The van der Waals surface area contributed by atoms with Crippen LogP contribution in [-0.4, -0.2) is 40.6 Å². The van der Waals surface area contributed by atoms with Crippen LogP contribution in [0.1, 0.15) is 70.9 Å². The molecule has 0 amide bonds. The first-order valence-corrected chi connectivity index (χ1v) is 19.4. The maximum Gasteiger partial charge on any atom is 0.371 e. The molecule has 8 nitrogen and oxygen atoms in total. The van der Waals surface area contributed by atoms with Crippen LogP contribution >= 0.6 is 17.6 Å². The maximum absolute atomic E-state index is 13.2. The van der Waals surface area contributed by atoms with Crippen molar-refractivity contribution in [3.05, 3.63) is 119 Å². The van der Waals surface area contributed by atoms with Gasteiger partial charge in [0.2, 0.25) is 0 Å². The van der Waals surface area contributed by atoms with Crippen LogP contribution in [0.2, 0.25) is 0 Å². The summed E-state index contributed by atoms with van der Waals surface area (Å²) in [7, 11) is 0. The van der Waals surface area contributed by atoms with E-state index in [-0.39, 0.29) is 0 Å². The van der Waals surface area contributed by atoms with Crippen LogP contribution in [0.4, 0.5) is 5.13 Å². The van der Waals surface area contributed by atoms with Gasteiger partial charge in [0, 0.05) is 17.7 Å². The van der Waals surface area contributed by atoms with E-state index in [1.54, 1.807) is 34.6 Å². The predicted octanol–water partition coefficient (Wildman–Crippen LogP) is 8.47. The van der Waals surface area contributed by atoms with Gasteiger partial charge in [-0.05, 0) is 51.3 Å². The Morgan fingerprint density at radius 3 is 1.70 bits per heavy atom. The molecule has 0 aliphatic rings. The summed E-state index contributed by atoms with van der Waals surface area (Å²) in [4.78, 5) is 37.1. The average Bonchev–Trinajstić information content (AvgIpc) is 3.53. The first-order chi connectivity index (χ1) is 22.2. The van der Waals surface area contributed by atoms with Crippen molar-refractivity contribution in [3.63, 3.8) is 0 Å². The Morgan fingerprint density at radius 1 is 0.809 bits per heavy atom. The second kappa shape index (κ2) is 14.9. The van der Waals surface area contributed by atoms with Gasteiger partial charge in [0.25, 0.3) is 5.71 Å². The van der Waals surface area contributed by atoms with Crippen LogP contribution in [0, 0.1) is 0 Å². The molecule has 0 atom stereocenters. The molecule has 0 aliphatic carbocycles. The third-order valence-electron chi connectivity index (χ3n) is 7.40. The number of esters is 1. The van der Waals surface area contributed by atoms with E-state index in [0.717, 1.165) is 16.7 Å². The second-order valence-corrected chi connectivity index (χ2v) is 18.3. The van der Waals surface area contributed by atoms with Crippen molar-refractivity contribution in [2.75, 3.05) is 17.6 Å². The fourth-order valence-electron chi connectivity index (χ4n) is 4.79. The Bertz CT molecular complexity index is 1630. The molecule has 11 heteroatoms. The number of nitrogens with one attached hydrogen (secondary N) is 1. The minimum atomic E-state index is -2.48. The van der Waals surface area contributed by atoms with Crippen molar-refractivity contribution in [1.29, 1.82) is 0 Å². The van der Waals surface area contributed by atoms with Crippen molar-refractivity contribution in [3.8, 4) is 0 Å². The van der Waals surface area contributed by atoms with Crippen LogP contribution in [0.15, 0.2) is 102 Å².